The Morgan fingerprint density at radius 3 is 2.38 bits per heavy atom. The number of carbonyl (C=O) groups excluding carboxylic acids is 1. The number of anilines is 2. The third-order valence-electron chi connectivity index (χ3n) is 3.02. The lowest BCUT2D eigenvalue weighted by Gasteiger charge is -2.16. The normalized spacial score (nSPS) is 11.8. The number of amides is 1. The molecule has 0 aromatic heterocycles. The topological polar surface area (TPSA) is 41.1 Å². The molecule has 1 unspecified atom stereocenters. The Kier molecular flexibility index (Phi) is 5.42. The van der Waals surface area contributed by atoms with Crippen molar-refractivity contribution >= 4 is 49.1 Å². The van der Waals surface area contributed by atoms with Crippen molar-refractivity contribution < 1.29 is 4.79 Å². The molecule has 1 atom stereocenters. The first-order chi connectivity index (χ1) is 9.95. The number of rotatable bonds is 4. The molecule has 110 valence electrons. The van der Waals surface area contributed by atoms with Gasteiger partial charge in [0.1, 0.15) is 6.04 Å². The summed E-state index contributed by atoms with van der Waals surface area (Å²) in [6, 6.07) is 13.2. The molecule has 0 saturated heterocycles. The van der Waals surface area contributed by atoms with Gasteiger partial charge < -0.3 is 10.6 Å². The molecule has 0 saturated carbocycles. The third kappa shape index (κ3) is 4.58. The molecule has 0 aliphatic carbocycles. The molecule has 2 rings (SSSR count). The second-order valence-corrected chi connectivity index (χ2v) is 6.62. The van der Waals surface area contributed by atoms with E-state index in [0.29, 0.717) is 0 Å². The monoisotopic (exact) mass is 410 g/mol. The minimum Gasteiger partial charge on any atom is -0.373 e. The highest BCUT2D eigenvalue weighted by molar-refractivity contribution is 9.11. The fraction of sp³-hybridized carbons (Fsp3) is 0.188. The first-order valence-electron chi connectivity index (χ1n) is 6.55. The van der Waals surface area contributed by atoms with E-state index in [1.165, 1.54) is 0 Å². The molecule has 0 fully saturated rings. The van der Waals surface area contributed by atoms with E-state index >= 15 is 0 Å². The maximum Gasteiger partial charge on any atom is 0.246 e. The Bertz CT molecular complexity index is 641. The Balaban J connectivity index is 2.00. The maximum absolute atomic E-state index is 12.2. The van der Waals surface area contributed by atoms with Crippen molar-refractivity contribution in [3.05, 3.63) is 57.0 Å². The molecule has 1 amide bonds. The lowest BCUT2D eigenvalue weighted by atomic mass is 10.2. The van der Waals surface area contributed by atoms with Crippen molar-refractivity contribution in [2.24, 2.45) is 0 Å². The van der Waals surface area contributed by atoms with Gasteiger partial charge in [-0.3, -0.25) is 4.79 Å². The van der Waals surface area contributed by atoms with Crippen molar-refractivity contribution in [3.63, 3.8) is 0 Å². The SMILES string of the molecule is Cc1ccc(NC(=O)C(C)Nc2ccc(Br)cc2Br)cc1. The Morgan fingerprint density at radius 1 is 1.10 bits per heavy atom. The smallest absolute Gasteiger partial charge is 0.246 e. The molecule has 2 aromatic rings. The number of halogens is 2. The van der Waals surface area contributed by atoms with Crippen LogP contribution in [0.15, 0.2) is 51.4 Å². The zero-order chi connectivity index (χ0) is 15.4. The number of hydrogen-bond acceptors (Lipinski definition) is 2. The first kappa shape index (κ1) is 16.0. The Hall–Kier alpha value is -1.33. The summed E-state index contributed by atoms with van der Waals surface area (Å²) in [6.45, 7) is 3.85. The molecule has 2 N–H and O–H groups in total. The summed E-state index contributed by atoms with van der Waals surface area (Å²) in [4.78, 5) is 12.2. The molecule has 0 spiro atoms. The predicted molar refractivity (Wildman–Crippen MR) is 94.7 cm³/mol. The van der Waals surface area contributed by atoms with E-state index in [9.17, 15) is 4.79 Å². The fourth-order valence-corrected chi connectivity index (χ4v) is 2.95. The van der Waals surface area contributed by atoms with Crippen LogP contribution >= 0.6 is 31.9 Å². The zero-order valence-electron chi connectivity index (χ0n) is 11.8. The number of benzene rings is 2. The van der Waals surface area contributed by atoms with Gasteiger partial charge in [-0.25, -0.2) is 0 Å². The molecule has 2 aromatic carbocycles. The average molecular weight is 412 g/mol. The second kappa shape index (κ2) is 7.09. The van der Waals surface area contributed by atoms with Gasteiger partial charge in [0.05, 0.1) is 0 Å². The van der Waals surface area contributed by atoms with E-state index < -0.39 is 0 Å². The number of aryl methyl sites for hydroxylation is 1. The van der Waals surface area contributed by atoms with Crippen LogP contribution in [-0.2, 0) is 4.79 Å². The van der Waals surface area contributed by atoms with Crippen LogP contribution in [0.3, 0.4) is 0 Å². The summed E-state index contributed by atoms with van der Waals surface area (Å²) < 4.78 is 1.89. The summed E-state index contributed by atoms with van der Waals surface area (Å²) in [6.07, 6.45) is 0. The minimum absolute atomic E-state index is 0.0753. The van der Waals surface area contributed by atoms with E-state index in [-0.39, 0.29) is 11.9 Å². The van der Waals surface area contributed by atoms with Crippen molar-refractivity contribution in [1.82, 2.24) is 0 Å². The summed E-state index contributed by atoms with van der Waals surface area (Å²) in [5, 5.41) is 6.08. The van der Waals surface area contributed by atoms with Gasteiger partial charge in [-0.1, -0.05) is 33.6 Å². The molecule has 0 aliphatic rings. The minimum atomic E-state index is -0.344. The van der Waals surface area contributed by atoms with Gasteiger partial charge in [-0.2, -0.15) is 0 Å². The van der Waals surface area contributed by atoms with Crippen LogP contribution in [0.25, 0.3) is 0 Å². The van der Waals surface area contributed by atoms with Gasteiger partial charge in [0, 0.05) is 20.3 Å². The van der Waals surface area contributed by atoms with Gasteiger partial charge >= 0.3 is 0 Å². The number of carbonyl (C=O) groups is 1. The van der Waals surface area contributed by atoms with Crippen LogP contribution in [0.1, 0.15) is 12.5 Å². The van der Waals surface area contributed by atoms with Gasteiger partial charge in [-0.15, -0.1) is 0 Å². The van der Waals surface area contributed by atoms with Crippen LogP contribution in [-0.4, -0.2) is 11.9 Å². The van der Waals surface area contributed by atoms with Crippen molar-refractivity contribution in [2.75, 3.05) is 10.6 Å². The Morgan fingerprint density at radius 2 is 1.76 bits per heavy atom. The summed E-state index contributed by atoms with van der Waals surface area (Å²) in [5.74, 6) is -0.0753. The van der Waals surface area contributed by atoms with Crippen LogP contribution < -0.4 is 10.6 Å². The van der Waals surface area contributed by atoms with Crippen LogP contribution in [0, 0.1) is 6.92 Å². The summed E-state index contributed by atoms with van der Waals surface area (Å²) in [5.41, 5.74) is 2.84. The molecule has 0 bridgehead atoms. The van der Waals surface area contributed by atoms with Crippen LogP contribution in [0.2, 0.25) is 0 Å². The van der Waals surface area contributed by atoms with E-state index in [1.54, 1.807) is 0 Å². The number of hydrogen-bond donors (Lipinski definition) is 2. The predicted octanol–water partition coefficient (Wildman–Crippen LogP) is 4.96. The molecule has 0 heterocycles. The van der Waals surface area contributed by atoms with Crippen LogP contribution in [0.5, 0.6) is 0 Å². The quantitative estimate of drug-likeness (QED) is 0.746. The molecule has 0 aliphatic heterocycles. The lowest BCUT2D eigenvalue weighted by molar-refractivity contribution is -0.116. The third-order valence-corrected chi connectivity index (χ3v) is 4.16. The first-order valence-corrected chi connectivity index (χ1v) is 8.13. The fourth-order valence-electron chi connectivity index (χ4n) is 1.79. The van der Waals surface area contributed by atoms with Gasteiger partial charge in [0.25, 0.3) is 0 Å². The standard InChI is InChI=1S/C16H16Br2N2O/c1-10-3-6-13(7-4-10)20-16(21)11(2)19-15-8-5-12(17)9-14(15)18/h3-9,11,19H,1-2H3,(H,20,21). The molecule has 0 radical (unpaired) electrons. The van der Waals surface area contributed by atoms with Crippen molar-refractivity contribution in [1.29, 1.82) is 0 Å². The average Bonchev–Trinajstić information content (AvgIpc) is 2.44. The van der Waals surface area contributed by atoms with E-state index in [0.717, 1.165) is 25.9 Å². The molecular weight excluding hydrogens is 396 g/mol. The van der Waals surface area contributed by atoms with Crippen molar-refractivity contribution in [2.45, 2.75) is 19.9 Å². The molecule has 3 nitrogen and oxygen atoms in total. The van der Waals surface area contributed by atoms with Gasteiger partial charge in [0.2, 0.25) is 5.91 Å². The van der Waals surface area contributed by atoms with Gasteiger partial charge in [0.15, 0.2) is 0 Å². The highest BCUT2D eigenvalue weighted by Gasteiger charge is 2.14. The van der Waals surface area contributed by atoms with E-state index in [1.807, 2.05) is 56.3 Å². The number of nitrogens with one attached hydrogen (secondary N) is 2. The molecule has 5 heteroatoms. The van der Waals surface area contributed by atoms with E-state index in [2.05, 4.69) is 42.5 Å². The highest BCUT2D eigenvalue weighted by Crippen LogP contribution is 2.26. The lowest BCUT2D eigenvalue weighted by Crippen LogP contribution is -2.31. The van der Waals surface area contributed by atoms with Crippen LogP contribution in [0.4, 0.5) is 11.4 Å². The van der Waals surface area contributed by atoms with Crippen molar-refractivity contribution in [3.8, 4) is 0 Å². The summed E-state index contributed by atoms with van der Waals surface area (Å²) in [7, 11) is 0. The summed E-state index contributed by atoms with van der Waals surface area (Å²) >= 11 is 6.88. The second-order valence-electron chi connectivity index (χ2n) is 4.85. The zero-order valence-corrected chi connectivity index (χ0v) is 15.0. The van der Waals surface area contributed by atoms with Gasteiger partial charge in [-0.05, 0) is 60.1 Å². The Labute approximate surface area is 141 Å². The largest absolute Gasteiger partial charge is 0.373 e. The van der Waals surface area contributed by atoms with E-state index in [4.69, 9.17) is 0 Å². The molecular formula is C16H16Br2N2O. The molecule has 21 heavy (non-hydrogen) atoms. The highest BCUT2D eigenvalue weighted by atomic mass is 79.9. The maximum atomic E-state index is 12.2.